The lowest BCUT2D eigenvalue weighted by Crippen LogP contribution is -2.50. The van der Waals surface area contributed by atoms with Gasteiger partial charge in [-0.3, -0.25) is 9.69 Å². The second-order valence-corrected chi connectivity index (χ2v) is 7.94. The van der Waals surface area contributed by atoms with Crippen molar-refractivity contribution in [1.29, 1.82) is 0 Å². The van der Waals surface area contributed by atoms with Gasteiger partial charge in [-0.1, -0.05) is 61.9 Å². The molecule has 1 aliphatic rings. The smallest absolute Gasteiger partial charge is 0.253 e. The number of hydrogen-bond donors (Lipinski definition) is 0. The average molecular weight is 407 g/mol. The Labute approximate surface area is 178 Å². The minimum absolute atomic E-state index is 0.0571. The molecule has 1 atom stereocenters. The van der Waals surface area contributed by atoms with E-state index in [4.69, 9.17) is 9.15 Å². The van der Waals surface area contributed by atoms with Crippen molar-refractivity contribution in [3.8, 4) is 0 Å². The predicted octanol–water partition coefficient (Wildman–Crippen LogP) is 4.46. The molecule has 4 rings (SSSR count). The van der Waals surface area contributed by atoms with Crippen LogP contribution in [0.1, 0.15) is 31.1 Å². The number of morpholine rings is 1. The van der Waals surface area contributed by atoms with E-state index in [0.717, 1.165) is 42.7 Å². The second-order valence-electron chi connectivity index (χ2n) is 7.94. The summed E-state index contributed by atoms with van der Waals surface area (Å²) in [5.41, 5.74) is 2.12. The fourth-order valence-corrected chi connectivity index (χ4v) is 3.96. The number of carbonyl (C=O) groups is 1. The van der Waals surface area contributed by atoms with Gasteiger partial charge in [-0.05, 0) is 24.1 Å². The topological polar surface area (TPSA) is 45.9 Å². The number of ether oxygens (including phenoxy) is 1. The lowest BCUT2D eigenvalue weighted by molar-refractivity contribution is -0.150. The van der Waals surface area contributed by atoms with E-state index in [1.807, 2.05) is 41.3 Å². The maximum atomic E-state index is 13.4. The van der Waals surface area contributed by atoms with Crippen LogP contribution in [-0.2, 0) is 22.6 Å². The number of rotatable bonds is 8. The first kappa shape index (κ1) is 20.6. The number of unbranched alkanes of at least 4 members (excludes halogenated alkanes) is 1. The number of fused-ring (bicyclic) bond motifs is 1. The quantitative estimate of drug-likeness (QED) is 0.554. The van der Waals surface area contributed by atoms with Crippen molar-refractivity contribution >= 4 is 16.9 Å². The van der Waals surface area contributed by atoms with Crippen LogP contribution in [0.5, 0.6) is 0 Å². The van der Waals surface area contributed by atoms with E-state index in [1.54, 1.807) is 0 Å². The molecule has 1 amide bonds. The number of hydrogen-bond acceptors (Lipinski definition) is 4. The number of benzene rings is 2. The zero-order chi connectivity index (χ0) is 20.8. The molecule has 1 unspecified atom stereocenters. The Hall–Kier alpha value is -2.63. The lowest BCUT2D eigenvalue weighted by Gasteiger charge is -2.35. The highest BCUT2D eigenvalue weighted by atomic mass is 16.5. The molecule has 3 aromatic rings. The highest BCUT2D eigenvalue weighted by molar-refractivity contribution is 5.82. The molecule has 1 saturated heterocycles. The van der Waals surface area contributed by atoms with Crippen LogP contribution in [0, 0.1) is 0 Å². The molecule has 2 aromatic carbocycles. The van der Waals surface area contributed by atoms with E-state index in [1.165, 1.54) is 5.56 Å². The van der Waals surface area contributed by atoms with Gasteiger partial charge in [-0.25, -0.2) is 0 Å². The van der Waals surface area contributed by atoms with Crippen LogP contribution in [0.2, 0.25) is 0 Å². The Morgan fingerprint density at radius 3 is 2.73 bits per heavy atom. The third kappa shape index (κ3) is 5.10. The average Bonchev–Trinajstić information content (AvgIpc) is 3.19. The molecule has 1 aliphatic heterocycles. The van der Waals surface area contributed by atoms with E-state index in [-0.39, 0.29) is 5.91 Å². The van der Waals surface area contributed by atoms with E-state index < -0.39 is 6.10 Å². The molecule has 5 heteroatoms. The van der Waals surface area contributed by atoms with Crippen molar-refractivity contribution in [3.63, 3.8) is 0 Å². The lowest BCUT2D eigenvalue weighted by atomic mass is 10.1. The van der Waals surface area contributed by atoms with Crippen molar-refractivity contribution < 1.29 is 13.9 Å². The first-order valence-corrected chi connectivity index (χ1v) is 10.9. The third-order valence-electron chi connectivity index (χ3n) is 5.59. The molecule has 0 saturated carbocycles. The standard InChI is InChI=1S/C25H30N2O3/c1-2-3-13-27(18-22-16-21-11-7-8-12-23(21)30-22)25(28)24-19-26(14-15-29-24)17-20-9-5-4-6-10-20/h4-12,16,24H,2-3,13-15,17-19H2,1H3. The van der Waals surface area contributed by atoms with Gasteiger partial charge in [0, 0.05) is 31.6 Å². The van der Waals surface area contributed by atoms with Gasteiger partial charge in [0.05, 0.1) is 13.2 Å². The van der Waals surface area contributed by atoms with E-state index in [9.17, 15) is 4.79 Å². The minimum atomic E-state index is -0.427. The van der Waals surface area contributed by atoms with E-state index >= 15 is 0 Å². The summed E-state index contributed by atoms with van der Waals surface area (Å²) in [6.07, 6.45) is 1.57. The first-order chi connectivity index (χ1) is 14.7. The van der Waals surface area contributed by atoms with Crippen molar-refractivity contribution in [2.24, 2.45) is 0 Å². The molecule has 2 heterocycles. The van der Waals surface area contributed by atoms with Crippen LogP contribution in [0.3, 0.4) is 0 Å². The van der Waals surface area contributed by atoms with Crippen molar-refractivity contribution in [3.05, 3.63) is 72.0 Å². The molecule has 0 bridgehead atoms. The van der Waals surface area contributed by atoms with Crippen LogP contribution < -0.4 is 0 Å². The summed E-state index contributed by atoms with van der Waals surface area (Å²) in [7, 11) is 0. The number of nitrogens with zero attached hydrogens (tertiary/aromatic N) is 2. The van der Waals surface area contributed by atoms with Gasteiger partial charge in [0.2, 0.25) is 0 Å². The fraction of sp³-hybridized carbons (Fsp3) is 0.400. The third-order valence-corrected chi connectivity index (χ3v) is 5.59. The van der Waals surface area contributed by atoms with Crippen LogP contribution in [0.25, 0.3) is 11.0 Å². The molecule has 5 nitrogen and oxygen atoms in total. The zero-order valence-corrected chi connectivity index (χ0v) is 17.6. The highest BCUT2D eigenvalue weighted by Gasteiger charge is 2.30. The van der Waals surface area contributed by atoms with Crippen molar-refractivity contribution in [2.45, 2.75) is 39.0 Å². The van der Waals surface area contributed by atoms with Gasteiger partial charge < -0.3 is 14.1 Å². The summed E-state index contributed by atoms with van der Waals surface area (Å²) >= 11 is 0. The molecular weight excluding hydrogens is 376 g/mol. The number of furan rings is 1. The Morgan fingerprint density at radius 2 is 1.93 bits per heavy atom. The molecule has 1 fully saturated rings. The molecule has 1 aromatic heterocycles. The van der Waals surface area contributed by atoms with Crippen molar-refractivity contribution in [1.82, 2.24) is 9.80 Å². The van der Waals surface area contributed by atoms with Gasteiger partial charge in [-0.15, -0.1) is 0 Å². The molecule has 0 aliphatic carbocycles. The SMILES string of the molecule is CCCCN(Cc1cc2ccccc2o1)C(=O)C1CN(Cc2ccccc2)CCO1. The van der Waals surface area contributed by atoms with Crippen LogP contribution in [-0.4, -0.2) is 48.1 Å². The van der Waals surface area contributed by atoms with Gasteiger partial charge in [-0.2, -0.15) is 0 Å². The Kier molecular flexibility index (Phi) is 6.82. The summed E-state index contributed by atoms with van der Waals surface area (Å²) in [6, 6.07) is 20.4. The normalized spacial score (nSPS) is 17.3. The van der Waals surface area contributed by atoms with Gasteiger partial charge in [0.1, 0.15) is 17.4 Å². The number of para-hydroxylation sites is 1. The summed E-state index contributed by atoms with van der Waals surface area (Å²) in [6.45, 7) is 6.22. The molecule has 0 N–H and O–H groups in total. The molecule has 158 valence electrons. The summed E-state index contributed by atoms with van der Waals surface area (Å²) in [4.78, 5) is 17.6. The Morgan fingerprint density at radius 1 is 1.13 bits per heavy atom. The summed E-state index contributed by atoms with van der Waals surface area (Å²) in [5, 5.41) is 1.07. The van der Waals surface area contributed by atoms with Crippen LogP contribution in [0.15, 0.2) is 65.1 Å². The van der Waals surface area contributed by atoms with Gasteiger partial charge in [0.15, 0.2) is 0 Å². The second kappa shape index (κ2) is 9.92. The van der Waals surface area contributed by atoms with Gasteiger partial charge in [0.25, 0.3) is 5.91 Å². The van der Waals surface area contributed by atoms with Gasteiger partial charge >= 0.3 is 0 Å². The largest absolute Gasteiger partial charge is 0.459 e. The highest BCUT2D eigenvalue weighted by Crippen LogP contribution is 2.21. The Bertz CT molecular complexity index is 920. The zero-order valence-electron chi connectivity index (χ0n) is 17.6. The van der Waals surface area contributed by atoms with Crippen molar-refractivity contribution in [2.75, 3.05) is 26.2 Å². The number of carbonyl (C=O) groups excluding carboxylic acids is 1. The Balaban J connectivity index is 1.44. The summed E-state index contributed by atoms with van der Waals surface area (Å²) < 4.78 is 11.9. The molecule has 30 heavy (non-hydrogen) atoms. The van der Waals surface area contributed by atoms with Crippen LogP contribution in [0.4, 0.5) is 0 Å². The number of amides is 1. The fourth-order valence-electron chi connectivity index (χ4n) is 3.96. The van der Waals surface area contributed by atoms with E-state index in [0.29, 0.717) is 26.2 Å². The predicted molar refractivity (Wildman–Crippen MR) is 118 cm³/mol. The molecule has 0 radical (unpaired) electrons. The molecular formula is C25H30N2O3. The summed E-state index contributed by atoms with van der Waals surface area (Å²) in [5.74, 6) is 0.874. The first-order valence-electron chi connectivity index (χ1n) is 10.9. The van der Waals surface area contributed by atoms with Crippen LogP contribution >= 0.6 is 0 Å². The molecule has 0 spiro atoms. The van der Waals surface area contributed by atoms with E-state index in [2.05, 4.69) is 36.1 Å². The minimum Gasteiger partial charge on any atom is -0.459 e. The maximum absolute atomic E-state index is 13.4. The maximum Gasteiger partial charge on any atom is 0.253 e. The monoisotopic (exact) mass is 406 g/mol.